The van der Waals surface area contributed by atoms with Crippen LogP contribution in [0.2, 0.25) is 5.04 Å². The minimum absolute atomic E-state index is 0.0228. The van der Waals surface area contributed by atoms with Crippen molar-refractivity contribution in [2.24, 2.45) is 23.5 Å². The first-order chi connectivity index (χ1) is 21.9. The maximum Gasteiger partial charge on any atom is 0.292 e. The molecule has 10 nitrogen and oxygen atoms in total. The van der Waals surface area contributed by atoms with Crippen LogP contribution in [-0.4, -0.2) is 94.1 Å². The Kier molecular flexibility index (Phi) is 10.6. The predicted octanol–water partition coefficient (Wildman–Crippen LogP) is 1.45. The molecule has 14 heteroatoms. The number of halogens is 3. The van der Waals surface area contributed by atoms with Crippen LogP contribution in [0.4, 0.5) is 18.9 Å². The fraction of sp³-hybridized carbons (Fsp3) is 0.656. The van der Waals surface area contributed by atoms with Gasteiger partial charge in [-0.25, -0.2) is 13.2 Å². The zero-order chi connectivity index (χ0) is 33.2. The van der Waals surface area contributed by atoms with E-state index >= 15 is 0 Å². The van der Waals surface area contributed by atoms with Crippen LogP contribution in [-0.2, 0) is 24.0 Å². The lowest BCUT2D eigenvalue weighted by Crippen LogP contribution is -2.58. The highest BCUT2D eigenvalue weighted by Crippen LogP contribution is 2.44. The number of nitrogens with zero attached hydrogens (tertiary/aromatic N) is 2. The Hall–Kier alpha value is -3.26. The highest BCUT2D eigenvalue weighted by atomic mass is 28.1. The van der Waals surface area contributed by atoms with Gasteiger partial charge in [0.1, 0.15) is 29.9 Å². The van der Waals surface area contributed by atoms with Gasteiger partial charge in [0.2, 0.25) is 17.6 Å². The van der Waals surface area contributed by atoms with E-state index in [0.29, 0.717) is 61.3 Å². The van der Waals surface area contributed by atoms with Crippen LogP contribution < -0.4 is 16.4 Å². The number of ketones is 1. The number of rotatable bonds is 15. The van der Waals surface area contributed by atoms with Crippen LogP contribution in [0.1, 0.15) is 64.2 Å². The number of nitrogens with two attached hydrogens (primary N) is 1. The molecule has 0 bridgehead atoms. The fourth-order valence-electron chi connectivity index (χ4n) is 7.30. The Bertz CT molecular complexity index is 1340. The molecular weight excluding hydrogens is 619 g/mol. The number of anilines is 1. The van der Waals surface area contributed by atoms with E-state index < -0.39 is 69.8 Å². The number of carbonyl (C=O) groups is 5. The summed E-state index contributed by atoms with van der Waals surface area (Å²) >= 11 is 0. The summed E-state index contributed by atoms with van der Waals surface area (Å²) < 4.78 is 42.9. The Morgan fingerprint density at radius 2 is 1.74 bits per heavy atom. The zero-order valence-corrected chi connectivity index (χ0v) is 28.2. The third kappa shape index (κ3) is 7.48. The van der Waals surface area contributed by atoms with Gasteiger partial charge in [-0.3, -0.25) is 19.2 Å². The van der Waals surface area contributed by atoms with E-state index in [9.17, 15) is 37.1 Å². The molecule has 2 aliphatic carbocycles. The van der Waals surface area contributed by atoms with E-state index in [1.807, 2.05) is 0 Å². The maximum absolute atomic E-state index is 14.6. The highest BCUT2D eigenvalue weighted by Gasteiger charge is 2.52. The molecule has 2 saturated carbocycles. The van der Waals surface area contributed by atoms with Crippen molar-refractivity contribution in [3.63, 3.8) is 0 Å². The Morgan fingerprint density at radius 3 is 2.33 bits per heavy atom. The quantitative estimate of drug-likeness (QED) is 0.147. The molecule has 0 aromatic heterocycles. The van der Waals surface area contributed by atoms with Crippen molar-refractivity contribution in [2.75, 3.05) is 31.5 Å². The topological polar surface area (TPSA) is 142 Å². The van der Waals surface area contributed by atoms with Crippen LogP contribution in [0.15, 0.2) is 12.1 Å². The molecule has 0 unspecified atom stereocenters. The van der Waals surface area contributed by atoms with Gasteiger partial charge < -0.3 is 31.0 Å². The number of fused-ring (bicyclic) bond motifs is 1. The van der Waals surface area contributed by atoms with Gasteiger partial charge in [-0.15, -0.1) is 0 Å². The summed E-state index contributed by atoms with van der Waals surface area (Å²) in [6.07, 6.45) is 6.79. The van der Waals surface area contributed by atoms with Crippen molar-refractivity contribution >= 4 is 45.7 Å². The summed E-state index contributed by atoms with van der Waals surface area (Å²) in [4.78, 5) is 70.0. The second-order valence-corrected chi connectivity index (χ2v) is 15.8. The fourth-order valence-corrected chi connectivity index (χ4v) is 8.06. The molecular formula is C32H44F3N5O5Si. The van der Waals surface area contributed by atoms with Gasteiger partial charge in [-0.2, -0.15) is 0 Å². The van der Waals surface area contributed by atoms with Crippen LogP contribution >= 0.6 is 0 Å². The summed E-state index contributed by atoms with van der Waals surface area (Å²) in [6, 6.07) is -2.21. The van der Waals surface area contributed by atoms with Gasteiger partial charge in [0.25, 0.3) is 5.91 Å². The molecule has 1 aromatic rings. The van der Waals surface area contributed by atoms with Crippen LogP contribution in [0.25, 0.3) is 0 Å². The third-order valence-corrected chi connectivity index (χ3v) is 11.4. The van der Waals surface area contributed by atoms with Crippen molar-refractivity contribution in [2.45, 2.75) is 87.4 Å². The van der Waals surface area contributed by atoms with Gasteiger partial charge in [0, 0.05) is 47.0 Å². The molecule has 4 fully saturated rings. The molecule has 46 heavy (non-hydrogen) atoms. The van der Waals surface area contributed by atoms with E-state index in [1.54, 1.807) is 0 Å². The Labute approximate surface area is 269 Å². The number of benzene rings is 1. The lowest BCUT2D eigenvalue weighted by molar-refractivity contribution is -0.149. The Balaban J connectivity index is 1.40. The molecule has 1 aromatic carbocycles. The van der Waals surface area contributed by atoms with Gasteiger partial charge >= 0.3 is 0 Å². The average molecular weight is 664 g/mol. The number of hydrogen-bond donors (Lipinski definition) is 3. The monoisotopic (exact) mass is 663 g/mol. The van der Waals surface area contributed by atoms with E-state index in [-0.39, 0.29) is 37.1 Å². The second-order valence-electron chi connectivity index (χ2n) is 13.9. The maximum atomic E-state index is 14.6. The number of amides is 3. The largest absolute Gasteiger partial charge is 0.369 e. The molecule has 0 radical (unpaired) electrons. The smallest absolute Gasteiger partial charge is 0.292 e. The SMILES string of the molecule is NCCC[C@]([SiH3])(C=O)C[C@H](NC(=O)[C@@H]1[C@H]2CCC[C@H]2CN1C(=O)[C@@H](CC1CC1)Nc1c(F)cc(F)cc1F)C(=O)C(=O)N1CCC1. The lowest BCUT2D eigenvalue weighted by atomic mass is 9.90. The first-order valence-electron chi connectivity index (χ1n) is 16.5. The number of nitrogens with one attached hydrogen (secondary N) is 2. The van der Waals surface area contributed by atoms with Crippen molar-refractivity contribution in [3.05, 3.63) is 29.6 Å². The van der Waals surface area contributed by atoms with Crippen LogP contribution in [0, 0.1) is 35.2 Å². The van der Waals surface area contributed by atoms with E-state index in [2.05, 4.69) is 10.6 Å². The molecule has 0 spiro atoms. The minimum Gasteiger partial charge on any atom is -0.369 e. The number of carbonyl (C=O) groups excluding carboxylic acids is 5. The zero-order valence-electron chi connectivity index (χ0n) is 26.2. The normalized spacial score (nSPS) is 24.8. The van der Waals surface area contributed by atoms with Gasteiger partial charge in [-0.05, 0) is 69.2 Å². The van der Waals surface area contributed by atoms with E-state index in [4.69, 9.17) is 5.73 Å². The number of likely N-dealkylation sites (tertiary alicyclic amines) is 2. The van der Waals surface area contributed by atoms with Crippen molar-refractivity contribution in [3.8, 4) is 0 Å². The van der Waals surface area contributed by atoms with Gasteiger partial charge in [0.15, 0.2) is 11.6 Å². The number of aldehydes is 1. The summed E-state index contributed by atoms with van der Waals surface area (Å²) in [5, 5.41) is 4.58. The molecule has 5 rings (SSSR count). The first-order valence-corrected chi connectivity index (χ1v) is 17.5. The lowest BCUT2D eigenvalue weighted by Gasteiger charge is -2.35. The molecule has 4 aliphatic rings. The predicted molar refractivity (Wildman–Crippen MR) is 167 cm³/mol. The first kappa shape index (κ1) is 34.1. The van der Waals surface area contributed by atoms with Gasteiger partial charge in [-0.1, -0.05) is 19.3 Å². The van der Waals surface area contributed by atoms with Gasteiger partial charge in [0.05, 0.1) is 6.04 Å². The summed E-state index contributed by atoms with van der Waals surface area (Å²) in [5.74, 6) is -6.01. The molecule has 252 valence electrons. The molecule has 2 heterocycles. The summed E-state index contributed by atoms with van der Waals surface area (Å²) in [7, 11) is 0.368. The summed E-state index contributed by atoms with van der Waals surface area (Å²) in [6.45, 7) is 1.49. The third-order valence-electron chi connectivity index (χ3n) is 10.2. The minimum atomic E-state index is -1.26. The van der Waals surface area contributed by atoms with Crippen molar-refractivity contribution in [1.29, 1.82) is 0 Å². The molecule has 6 atom stereocenters. The standard InChI is InChI=1S/C32H44F3N5O5Si/c33-20-13-22(34)26(23(35)14-20)37-24(12-18-6-7-18)30(44)40-16-19-4-1-5-21(19)27(40)29(43)38-25(15-32(46,17-41)8-2-9-36)28(42)31(45)39-10-3-11-39/h13-14,17-19,21,24-25,27,37H,1-12,15-16,36H2,46H3,(H,38,43)/t19-,21-,24+,25-,27-,32+/m0/s1. The average Bonchev–Trinajstić information content (AvgIpc) is 3.56. The van der Waals surface area contributed by atoms with Crippen molar-refractivity contribution < 1.29 is 37.1 Å². The molecule has 4 N–H and O–H groups in total. The number of Topliss-reactive ketones (excluding diaryl/α,β-unsaturated/α-hetero) is 1. The Morgan fingerprint density at radius 1 is 1.04 bits per heavy atom. The van der Waals surface area contributed by atoms with E-state index in [0.717, 1.165) is 38.4 Å². The molecule has 2 aliphatic heterocycles. The second kappa shape index (κ2) is 14.2. The molecule has 2 saturated heterocycles. The number of hydrogen-bond acceptors (Lipinski definition) is 7. The molecule has 3 amide bonds. The van der Waals surface area contributed by atoms with Crippen LogP contribution in [0.3, 0.4) is 0 Å². The van der Waals surface area contributed by atoms with Crippen LogP contribution in [0.5, 0.6) is 0 Å². The summed E-state index contributed by atoms with van der Waals surface area (Å²) in [5.41, 5.74) is 5.08. The van der Waals surface area contributed by atoms with Crippen molar-refractivity contribution in [1.82, 2.24) is 15.1 Å². The van der Waals surface area contributed by atoms with E-state index in [1.165, 1.54) is 9.80 Å². The highest BCUT2D eigenvalue weighted by molar-refractivity contribution is 6.39.